The number of nitrogens with zero attached hydrogens (tertiary/aromatic N) is 1. The lowest BCUT2D eigenvalue weighted by atomic mass is 10.1. The van der Waals surface area contributed by atoms with Crippen molar-refractivity contribution in [3.05, 3.63) is 21.9 Å². The predicted octanol–water partition coefficient (Wildman–Crippen LogP) is 1.96. The van der Waals surface area contributed by atoms with Gasteiger partial charge in [0.1, 0.15) is 6.10 Å². The van der Waals surface area contributed by atoms with Crippen LogP contribution in [0.4, 0.5) is 0 Å². The second-order valence-corrected chi connectivity index (χ2v) is 5.18. The molecule has 1 aliphatic heterocycles. The molecular formula is C12H17NO2S. The minimum Gasteiger partial charge on any atom is -0.367 e. The molecule has 1 aromatic rings. The molecule has 3 nitrogen and oxygen atoms in total. The first-order valence-electron chi connectivity index (χ1n) is 5.64. The number of hydrogen-bond donors (Lipinski definition) is 0. The van der Waals surface area contributed by atoms with Gasteiger partial charge < -0.3 is 4.74 Å². The Morgan fingerprint density at radius 1 is 1.69 bits per heavy atom. The molecule has 2 rings (SSSR count). The Morgan fingerprint density at radius 3 is 3.12 bits per heavy atom. The van der Waals surface area contributed by atoms with Crippen LogP contribution in [0.5, 0.6) is 0 Å². The molecule has 1 unspecified atom stereocenters. The summed E-state index contributed by atoms with van der Waals surface area (Å²) in [7, 11) is 0. The van der Waals surface area contributed by atoms with Crippen molar-refractivity contribution in [1.29, 1.82) is 0 Å². The van der Waals surface area contributed by atoms with Crippen molar-refractivity contribution in [2.24, 2.45) is 0 Å². The molecule has 0 aromatic carbocycles. The summed E-state index contributed by atoms with van der Waals surface area (Å²) >= 11 is 1.61. The molecule has 0 radical (unpaired) electrons. The molecule has 1 aliphatic rings. The molecule has 16 heavy (non-hydrogen) atoms. The lowest BCUT2D eigenvalue weighted by Crippen LogP contribution is -2.45. The molecule has 1 saturated heterocycles. The van der Waals surface area contributed by atoms with E-state index in [9.17, 15) is 4.79 Å². The molecule has 2 heterocycles. The van der Waals surface area contributed by atoms with Crippen LogP contribution in [-0.4, -0.2) is 43.0 Å². The third kappa shape index (κ3) is 2.51. The number of rotatable bonds is 3. The Hall–Kier alpha value is -0.710. The summed E-state index contributed by atoms with van der Waals surface area (Å²) < 4.78 is 5.55. The normalized spacial score (nSPS) is 22.2. The highest BCUT2D eigenvalue weighted by molar-refractivity contribution is 7.10. The third-order valence-electron chi connectivity index (χ3n) is 2.91. The first-order chi connectivity index (χ1) is 7.70. The number of hydrogen-bond acceptors (Lipinski definition) is 4. The Balaban J connectivity index is 2.04. The summed E-state index contributed by atoms with van der Waals surface area (Å²) in [6.45, 7) is 7.43. The fourth-order valence-electron chi connectivity index (χ4n) is 1.91. The minimum absolute atomic E-state index is 0.127. The summed E-state index contributed by atoms with van der Waals surface area (Å²) in [5, 5.41) is 1.92. The van der Waals surface area contributed by atoms with Gasteiger partial charge in [0.15, 0.2) is 5.78 Å². The Bertz CT molecular complexity index is 375. The fraction of sp³-hybridized carbons (Fsp3) is 0.583. The van der Waals surface area contributed by atoms with Gasteiger partial charge in [-0.15, -0.1) is 11.3 Å². The number of thiophene rings is 1. The van der Waals surface area contributed by atoms with E-state index < -0.39 is 0 Å². The van der Waals surface area contributed by atoms with Gasteiger partial charge in [-0.05, 0) is 19.5 Å². The number of aryl methyl sites for hydroxylation is 1. The third-order valence-corrected chi connectivity index (χ3v) is 3.77. The van der Waals surface area contributed by atoms with Crippen molar-refractivity contribution >= 4 is 17.1 Å². The van der Waals surface area contributed by atoms with Gasteiger partial charge in [-0.2, -0.15) is 0 Å². The van der Waals surface area contributed by atoms with Crippen molar-refractivity contribution in [2.45, 2.75) is 20.0 Å². The number of carbonyl (C=O) groups is 1. The van der Waals surface area contributed by atoms with E-state index in [4.69, 9.17) is 4.74 Å². The van der Waals surface area contributed by atoms with E-state index in [1.165, 1.54) is 4.88 Å². The first kappa shape index (κ1) is 11.8. The maximum atomic E-state index is 12.1. The molecule has 0 aliphatic carbocycles. The number of likely N-dealkylation sites (N-methyl/N-ethyl adjacent to an activating group) is 1. The standard InChI is InChI=1S/C12H17NO2S/c1-3-13-4-5-15-11(7-13)12(14)10-6-9(2)16-8-10/h6,8,11H,3-5,7H2,1-2H3. The lowest BCUT2D eigenvalue weighted by molar-refractivity contribution is -0.0148. The largest absolute Gasteiger partial charge is 0.367 e. The molecule has 1 atom stereocenters. The fourth-order valence-corrected chi connectivity index (χ4v) is 2.60. The Kier molecular flexibility index (Phi) is 3.74. The summed E-state index contributed by atoms with van der Waals surface area (Å²) in [4.78, 5) is 15.6. The molecule has 0 spiro atoms. The van der Waals surface area contributed by atoms with E-state index in [0.29, 0.717) is 6.61 Å². The maximum Gasteiger partial charge on any atom is 0.193 e. The molecule has 0 amide bonds. The Morgan fingerprint density at radius 2 is 2.50 bits per heavy atom. The van der Waals surface area contributed by atoms with Crippen LogP contribution in [-0.2, 0) is 4.74 Å². The van der Waals surface area contributed by atoms with Crippen LogP contribution in [0.25, 0.3) is 0 Å². The molecule has 0 saturated carbocycles. The van der Waals surface area contributed by atoms with E-state index in [1.54, 1.807) is 11.3 Å². The zero-order chi connectivity index (χ0) is 11.5. The maximum absolute atomic E-state index is 12.1. The van der Waals surface area contributed by atoms with Gasteiger partial charge in [0, 0.05) is 28.9 Å². The molecule has 4 heteroatoms. The molecule has 1 fully saturated rings. The summed E-state index contributed by atoms with van der Waals surface area (Å²) in [6.07, 6.45) is -0.275. The highest BCUT2D eigenvalue weighted by atomic mass is 32.1. The van der Waals surface area contributed by atoms with Crippen molar-refractivity contribution in [3.8, 4) is 0 Å². The quantitative estimate of drug-likeness (QED) is 0.755. The van der Waals surface area contributed by atoms with Gasteiger partial charge in [-0.3, -0.25) is 9.69 Å². The predicted molar refractivity (Wildman–Crippen MR) is 65.2 cm³/mol. The average Bonchev–Trinajstić information content (AvgIpc) is 2.75. The van der Waals surface area contributed by atoms with Gasteiger partial charge in [-0.1, -0.05) is 6.92 Å². The molecule has 0 N–H and O–H groups in total. The van der Waals surface area contributed by atoms with Crippen LogP contribution in [0.1, 0.15) is 22.2 Å². The number of ether oxygens (including phenoxy) is 1. The van der Waals surface area contributed by atoms with Crippen LogP contribution >= 0.6 is 11.3 Å². The number of Topliss-reactive ketones (excluding diaryl/α,β-unsaturated/α-hetero) is 1. The minimum atomic E-state index is -0.275. The number of ketones is 1. The smallest absolute Gasteiger partial charge is 0.193 e. The van der Waals surface area contributed by atoms with Crippen LogP contribution in [0.15, 0.2) is 11.4 Å². The van der Waals surface area contributed by atoms with Crippen molar-refractivity contribution in [1.82, 2.24) is 4.90 Å². The summed E-state index contributed by atoms with van der Waals surface area (Å²) in [5.41, 5.74) is 0.797. The van der Waals surface area contributed by atoms with Crippen molar-refractivity contribution in [3.63, 3.8) is 0 Å². The van der Waals surface area contributed by atoms with E-state index in [0.717, 1.165) is 25.2 Å². The second-order valence-electron chi connectivity index (χ2n) is 4.06. The zero-order valence-electron chi connectivity index (χ0n) is 9.73. The molecular weight excluding hydrogens is 222 g/mol. The highest BCUT2D eigenvalue weighted by Crippen LogP contribution is 2.17. The van der Waals surface area contributed by atoms with Gasteiger partial charge >= 0.3 is 0 Å². The monoisotopic (exact) mass is 239 g/mol. The average molecular weight is 239 g/mol. The lowest BCUT2D eigenvalue weighted by Gasteiger charge is -2.30. The van der Waals surface area contributed by atoms with Gasteiger partial charge in [0.25, 0.3) is 0 Å². The molecule has 1 aromatic heterocycles. The van der Waals surface area contributed by atoms with E-state index in [-0.39, 0.29) is 11.9 Å². The second kappa shape index (κ2) is 5.08. The van der Waals surface area contributed by atoms with Gasteiger partial charge in [0.05, 0.1) is 6.61 Å². The first-order valence-corrected chi connectivity index (χ1v) is 6.52. The van der Waals surface area contributed by atoms with Crippen LogP contribution in [0.2, 0.25) is 0 Å². The zero-order valence-corrected chi connectivity index (χ0v) is 10.5. The van der Waals surface area contributed by atoms with E-state index >= 15 is 0 Å². The van der Waals surface area contributed by atoms with Crippen molar-refractivity contribution < 1.29 is 9.53 Å². The van der Waals surface area contributed by atoms with Gasteiger partial charge in [0.2, 0.25) is 0 Å². The topological polar surface area (TPSA) is 29.5 Å². The van der Waals surface area contributed by atoms with Crippen LogP contribution in [0, 0.1) is 6.92 Å². The highest BCUT2D eigenvalue weighted by Gasteiger charge is 2.27. The number of morpholine rings is 1. The van der Waals surface area contributed by atoms with E-state index in [2.05, 4.69) is 11.8 Å². The number of carbonyl (C=O) groups excluding carboxylic acids is 1. The van der Waals surface area contributed by atoms with E-state index in [1.807, 2.05) is 18.4 Å². The summed E-state index contributed by atoms with van der Waals surface area (Å²) in [6, 6.07) is 1.95. The molecule has 88 valence electrons. The molecule has 0 bridgehead atoms. The summed E-state index contributed by atoms with van der Waals surface area (Å²) in [5.74, 6) is 0.127. The Labute approximate surface area is 100 Å². The van der Waals surface area contributed by atoms with Crippen molar-refractivity contribution in [2.75, 3.05) is 26.2 Å². The van der Waals surface area contributed by atoms with Gasteiger partial charge in [-0.25, -0.2) is 0 Å². The van der Waals surface area contributed by atoms with Crippen LogP contribution in [0.3, 0.4) is 0 Å². The van der Waals surface area contributed by atoms with Crippen LogP contribution < -0.4 is 0 Å². The SMILES string of the molecule is CCN1CCOC(C(=O)c2csc(C)c2)C1.